The fourth-order valence-electron chi connectivity index (χ4n) is 1.67. The summed E-state index contributed by atoms with van der Waals surface area (Å²) >= 11 is 0. The van der Waals surface area contributed by atoms with Gasteiger partial charge in [-0.05, 0) is 37.0 Å². The summed E-state index contributed by atoms with van der Waals surface area (Å²) in [6, 6.07) is 7.58. The zero-order valence-electron chi connectivity index (χ0n) is 13.7. The molecule has 0 heterocycles. The maximum atomic E-state index is 11.8. The quantitative estimate of drug-likeness (QED) is 0.838. The van der Waals surface area contributed by atoms with E-state index in [0.29, 0.717) is 5.75 Å². The van der Waals surface area contributed by atoms with Crippen LogP contribution in [0.1, 0.15) is 40.2 Å². The number of benzene rings is 1. The van der Waals surface area contributed by atoms with Crippen LogP contribution in [0.25, 0.3) is 0 Å². The Morgan fingerprint density at radius 2 is 1.73 bits per heavy atom. The highest BCUT2D eigenvalue weighted by Gasteiger charge is 2.17. The van der Waals surface area contributed by atoms with Crippen LogP contribution in [0.2, 0.25) is 0 Å². The zero-order valence-corrected chi connectivity index (χ0v) is 13.7. The second-order valence-electron chi connectivity index (χ2n) is 5.87. The molecule has 22 heavy (non-hydrogen) atoms. The molecular weight excluding hydrogens is 284 g/mol. The van der Waals surface area contributed by atoms with Gasteiger partial charge in [0.05, 0.1) is 6.61 Å². The second-order valence-corrected chi connectivity index (χ2v) is 5.87. The Hall–Kier alpha value is -2.24. The van der Waals surface area contributed by atoms with Gasteiger partial charge < -0.3 is 9.47 Å². The summed E-state index contributed by atoms with van der Waals surface area (Å²) in [5.74, 6) is 0.125. The van der Waals surface area contributed by atoms with Crippen molar-refractivity contribution in [2.24, 2.45) is 0 Å². The van der Waals surface area contributed by atoms with Crippen LogP contribution in [-0.2, 0) is 14.9 Å². The maximum Gasteiger partial charge on any atom is 0.426 e. The van der Waals surface area contributed by atoms with E-state index in [1.54, 1.807) is 13.8 Å². The number of nitrogens with one attached hydrogen (secondary N) is 2. The van der Waals surface area contributed by atoms with Crippen molar-refractivity contribution < 1.29 is 19.1 Å². The average molecular weight is 308 g/mol. The van der Waals surface area contributed by atoms with Crippen molar-refractivity contribution in [1.29, 1.82) is 0 Å². The first-order valence-corrected chi connectivity index (χ1v) is 7.24. The van der Waals surface area contributed by atoms with Crippen LogP contribution in [0.3, 0.4) is 0 Å². The molecule has 0 unspecified atom stereocenters. The number of hydrogen-bond acceptors (Lipinski definition) is 4. The van der Waals surface area contributed by atoms with E-state index in [4.69, 9.17) is 4.74 Å². The van der Waals surface area contributed by atoms with Gasteiger partial charge in [0.25, 0.3) is 5.91 Å². The van der Waals surface area contributed by atoms with Crippen LogP contribution >= 0.6 is 0 Å². The molecule has 0 aliphatic heterocycles. The van der Waals surface area contributed by atoms with Gasteiger partial charge in [0.1, 0.15) is 5.75 Å². The minimum atomic E-state index is -0.748. The number of amides is 2. The molecule has 0 aliphatic rings. The van der Waals surface area contributed by atoms with Crippen molar-refractivity contribution in [3.05, 3.63) is 29.8 Å². The van der Waals surface area contributed by atoms with Crippen LogP contribution in [-0.4, -0.2) is 24.7 Å². The SMILES string of the molecule is CCOC(=O)NNC(=O)[C@H](C)Oc1ccc(C(C)(C)C)cc1. The molecule has 1 aromatic rings. The van der Waals surface area contributed by atoms with Crippen molar-refractivity contribution >= 4 is 12.0 Å². The first-order chi connectivity index (χ1) is 10.2. The molecule has 0 spiro atoms. The molecule has 1 aromatic carbocycles. The summed E-state index contributed by atoms with van der Waals surface area (Å²) in [6.07, 6.45) is -1.46. The van der Waals surface area contributed by atoms with Crippen molar-refractivity contribution in [1.82, 2.24) is 10.9 Å². The highest BCUT2D eigenvalue weighted by atomic mass is 16.6. The molecule has 1 rings (SSSR count). The Labute approximate surface area is 131 Å². The lowest BCUT2D eigenvalue weighted by Crippen LogP contribution is -2.47. The number of carbonyl (C=O) groups excluding carboxylic acids is 2. The largest absolute Gasteiger partial charge is 0.481 e. The van der Waals surface area contributed by atoms with Crippen molar-refractivity contribution in [2.45, 2.75) is 46.1 Å². The van der Waals surface area contributed by atoms with E-state index in [2.05, 4.69) is 36.4 Å². The third-order valence-electron chi connectivity index (χ3n) is 2.97. The van der Waals surface area contributed by atoms with E-state index in [-0.39, 0.29) is 12.0 Å². The Bertz CT molecular complexity index is 506. The Kier molecular flexibility index (Phi) is 6.22. The molecule has 0 saturated carbocycles. The molecule has 0 aromatic heterocycles. The average Bonchev–Trinajstić information content (AvgIpc) is 2.44. The van der Waals surface area contributed by atoms with Crippen LogP contribution in [0.15, 0.2) is 24.3 Å². The molecule has 0 saturated heterocycles. The summed E-state index contributed by atoms with van der Waals surface area (Å²) in [5, 5.41) is 0. The molecule has 2 amide bonds. The van der Waals surface area contributed by atoms with Crippen LogP contribution in [0.5, 0.6) is 5.75 Å². The number of carbonyl (C=O) groups is 2. The van der Waals surface area contributed by atoms with Gasteiger partial charge in [-0.2, -0.15) is 0 Å². The van der Waals surface area contributed by atoms with Gasteiger partial charge in [0, 0.05) is 0 Å². The first kappa shape index (κ1) is 17.8. The zero-order chi connectivity index (χ0) is 16.8. The monoisotopic (exact) mass is 308 g/mol. The van der Waals surface area contributed by atoms with Gasteiger partial charge in [-0.3, -0.25) is 10.2 Å². The van der Waals surface area contributed by atoms with E-state index in [1.165, 1.54) is 5.56 Å². The van der Waals surface area contributed by atoms with E-state index < -0.39 is 18.1 Å². The van der Waals surface area contributed by atoms with Gasteiger partial charge in [0.2, 0.25) is 0 Å². The van der Waals surface area contributed by atoms with Gasteiger partial charge in [-0.25, -0.2) is 10.2 Å². The highest BCUT2D eigenvalue weighted by molar-refractivity contribution is 5.82. The Balaban J connectivity index is 2.52. The molecule has 6 nitrogen and oxygen atoms in total. The molecule has 122 valence electrons. The molecule has 6 heteroatoms. The van der Waals surface area contributed by atoms with E-state index >= 15 is 0 Å². The minimum absolute atomic E-state index is 0.0606. The smallest absolute Gasteiger partial charge is 0.426 e. The summed E-state index contributed by atoms with van der Waals surface area (Å²) in [7, 11) is 0. The Morgan fingerprint density at radius 1 is 1.14 bits per heavy atom. The minimum Gasteiger partial charge on any atom is -0.481 e. The van der Waals surface area contributed by atoms with Crippen LogP contribution in [0.4, 0.5) is 4.79 Å². The topological polar surface area (TPSA) is 76.7 Å². The number of ether oxygens (including phenoxy) is 2. The lowest BCUT2D eigenvalue weighted by Gasteiger charge is -2.20. The summed E-state index contributed by atoms with van der Waals surface area (Å²) in [6.45, 7) is 9.88. The van der Waals surface area contributed by atoms with Crippen LogP contribution < -0.4 is 15.6 Å². The summed E-state index contributed by atoms with van der Waals surface area (Å²) in [5.41, 5.74) is 5.61. The van der Waals surface area contributed by atoms with E-state index in [0.717, 1.165) is 0 Å². The van der Waals surface area contributed by atoms with Crippen molar-refractivity contribution in [3.63, 3.8) is 0 Å². The lowest BCUT2D eigenvalue weighted by atomic mass is 9.87. The van der Waals surface area contributed by atoms with Gasteiger partial charge in [0.15, 0.2) is 6.10 Å². The molecular formula is C16H24N2O4. The molecule has 0 aliphatic carbocycles. The summed E-state index contributed by atoms with van der Waals surface area (Å²) < 4.78 is 10.2. The maximum absolute atomic E-state index is 11.8. The third-order valence-corrected chi connectivity index (χ3v) is 2.97. The number of hydrazine groups is 1. The fraction of sp³-hybridized carbons (Fsp3) is 0.500. The summed E-state index contributed by atoms with van der Waals surface area (Å²) in [4.78, 5) is 22.8. The van der Waals surface area contributed by atoms with Crippen molar-refractivity contribution in [3.8, 4) is 5.75 Å². The third kappa shape index (κ3) is 5.63. The van der Waals surface area contributed by atoms with Gasteiger partial charge >= 0.3 is 6.09 Å². The highest BCUT2D eigenvalue weighted by Crippen LogP contribution is 2.24. The van der Waals surface area contributed by atoms with Crippen molar-refractivity contribution in [2.75, 3.05) is 6.61 Å². The molecule has 0 radical (unpaired) electrons. The molecule has 0 fully saturated rings. The van der Waals surface area contributed by atoms with Gasteiger partial charge in [-0.15, -0.1) is 0 Å². The van der Waals surface area contributed by atoms with E-state index in [1.807, 2.05) is 24.3 Å². The van der Waals surface area contributed by atoms with Gasteiger partial charge in [-0.1, -0.05) is 32.9 Å². The second kappa shape index (κ2) is 7.68. The molecule has 2 N–H and O–H groups in total. The molecule has 1 atom stereocenters. The van der Waals surface area contributed by atoms with E-state index in [9.17, 15) is 9.59 Å². The normalized spacial score (nSPS) is 12.2. The van der Waals surface area contributed by atoms with Crippen LogP contribution in [0, 0.1) is 0 Å². The fourth-order valence-corrected chi connectivity index (χ4v) is 1.67. The number of hydrogen-bond donors (Lipinski definition) is 2. The Morgan fingerprint density at radius 3 is 2.23 bits per heavy atom. The standard InChI is InChI=1S/C16H24N2O4/c1-6-21-15(20)18-17-14(19)11(2)22-13-9-7-12(8-10-13)16(3,4)5/h7-11H,6H2,1-5H3,(H,17,19)(H,18,20)/t11-/m0/s1. The lowest BCUT2D eigenvalue weighted by molar-refractivity contribution is -0.128. The molecule has 0 bridgehead atoms. The predicted octanol–water partition coefficient (Wildman–Crippen LogP) is 2.53. The predicted molar refractivity (Wildman–Crippen MR) is 83.5 cm³/mol. The first-order valence-electron chi connectivity index (χ1n) is 7.24. The number of rotatable bonds is 4.